The van der Waals surface area contributed by atoms with Crippen LogP contribution in [0.15, 0.2) is 24.3 Å². The summed E-state index contributed by atoms with van der Waals surface area (Å²) in [6, 6.07) is 6.86. The number of amides is 2. The summed E-state index contributed by atoms with van der Waals surface area (Å²) < 4.78 is 22.8. The van der Waals surface area contributed by atoms with Crippen LogP contribution in [0.5, 0.6) is 0 Å². The van der Waals surface area contributed by atoms with Crippen LogP contribution in [-0.4, -0.2) is 43.7 Å². The minimum atomic E-state index is -2.93. The number of nitrogens with one attached hydrogen (secondary N) is 2. The monoisotopic (exact) mass is 324 g/mol. The molecule has 6 nitrogen and oxygen atoms in total. The molecular weight excluding hydrogens is 304 g/mol. The third kappa shape index (κ3) is 3.25. The molecule has 1 heterocycles. The third-order valence-electron chi connectivity index (χ3n) is 4.37. The van der Waals surface area contributed by atoms with Gasteiger partial charge in [0.2, 0.25) is 0 Å². The van der Waals surface area contributed by atoms with Crippen LogP contribution in [0.3, 0.4) is 0 Å². The first kappa shape index (κ1) is 15.3. The number of hydrogen-bond donors (Lipinski definition) is 3. The summed E-state index contributed by atoms with van der Waals surface area (Å²) in [5.41, 5.74) is 1.98. The number of hydrogen-bond acceptors (Lipinski definition) is 4. The lowest BCUT2D eigenvalue weighted by molar-refractivity contribution is 0.142. The number of fused-ring (bicyclic) bond motifs is 1. The van der Waals surface area contributed by atoms with Crippen LogP contribution in [-0.2, 0) is 16.3 Å². The molecule has 0 aromatic heterocycles. The van der Waals surface area contributed by atoms with Gasteiger partial charge in [-0.3, -0.25) is 0 Å². The molecule has 3 atom stereocenters. The molecule has 1 aliphatic heterocycles. The van der Waals surface area contributed by atoms with Crippen molar-refractivity contribution in [1.82, 2.24) is 10.6 Å². The standard InChI is InChI=1S/C15H20N2O4S/c18-13-7-11-3-1-2-4-12(11)14(13)17-15(19)16-8-10-5-6-22(20,21)9-10/h1-4,10,13-14,18H,5-9H2,(H2,16,17,19)/t10-,13+,14-/m1/s1. The molecule has 1 aromatic rings. The smallest absolute Gasteiger partial charge is 0.315 e. The average molecular weight is 324 g/mol. The zero-order chi connectivity index (χ0) is 15.7. The summed E-state index contributed by atoms with van der Waals surface area (Å²) in [6.07, 6.45) is 0.495. The highest BCUT2D eigenvalue weighted by atomic mass is 32.2. The van der Waals surface area contributed by atoms with E-state index in [0.29, 0.717) is 19.4 Å². The van der Waals surface area contributed by atoms with Gasteiger partial charge in [0.05, 0.1) is 23.7 Å². The number of carbonyl (C=O) groups is 1. The average Bonchev–Trinajstić information content (AvgIpc) is 2.97. The van der Waals surface area contributed by atoms with Gasteiger partial charge in [0.1, 0.15) is 0 Å². The Morgan fingerprint density at radius 3 is 2.82 bits per heavy atom. The molecule has 3 rings (SSSR count). The van der Waals surface area contributed by atoms with Gasteiger partial charge in [0, 0.05) is 13.0 Å². The Bertz CT molecular complexity index is 674. The molecular formula is C15H20N2O4S. The number of sulfone groups is 1. The van der Waals surface area contributed by atoms with Crippen molar-refractivity contribution in [2.24, 2.45) is 5.92 Å². The van der Waals surface area contributed by atoms with Crippen LogP contribution >= 0.6 is 0 Å². The molecule has 22 heavy (non-hydrogen) atoms. The Morgan fingerprint density at radius 2 is 2.09 bits per heavy atom. The van der Waals surface area contributed by atoms with E-state index in [9.17, 15) is 18.3 Å². The lowest BCUT2D eigenvalue weighted by Crippen LogP contribution is -2.42. The Kier molecular flexibility index (Phi) is 4.10. The second kappa shape index (κ2) is 5.89. The Labute approximate surface area is 129 Å². The van der Waals surface area contributed by atoms with E-state index in [1.165, 1.54) is 0 Å². The van der Waals surface area contributed by atoms with Crippen LogP contribution < -0.4 is 10.6 Å². The summed E-state index contributed by atoms with van der Waals surface area (Å²) in [6.45, 7) is 0.343. The fraction of sp³-hybridized carbons (Fsp3) is 0.533. The molecule has 0 spiro atoms. The first-order valence-electron chi connectivity index (χ1n) is 7.45. The van der Waals surface area contributed by atoms with Crippen LogP contribution in [0.2, 0.25) is 0 Å². The topological polar surface area (TPSA) is 95.5 Å². The maximum Gasteiger partial charge on any atom is 0.315 e. The number of aliphatic hydroxyl groups is 1. The predicted molar refractivity (Wildman–Crippen MR) is 82.2 cm³/mol. The number of rotatable bonds is 3. The van der Waals surface area contributed by atoms with Crippen LogP contribution in [0.25, 0.3) is 0 Å². The Hall–Kier alpha value is -1.60. The van der Waals surface area contributed by atoms with E-state index < -0.39 is 22.0 Å². The maximum absolute atomic E-state index is 12.0. The van der Waals surface area contributed by atoms with Gasteiger partial charge in [-0.05, 0) is 23.5 Å². The summed E-state index contributed by atoms with van der Waals surface area (Å²) >= 11 is 0. The maximum atomic E-state index is 12.0. The summed E-state index contributed by atoms with van der Waals surface area (Å²) in [7, 11) is -2.93. The predicted octanol–water partition coefficient (Wildman–Crippen LogP) is 0.379. The fourth-order valence-electron chi connectivity index (χ4n) is 3.21. The number of carbonyl (C=O) groups excluding carboxylic acids is 1. The van der Waals surface area contributed by atoms with E-state index >= 15 is 0 Å². The largest absolute Gasteiger partial charge is 0.390 e. The molecule has 0 unspecified atom stereocenters. The molecule has 120 valence electrons. The van der Waals surface area contributed by atoms with Gasteiger partial charge in [-0.1, -0.05) is 24.3 Å². The van der Waals surface area contributed by atoms with Crippen molar-refractivity contribution >= 4 is 15.9 Å². The molecule has 1 aliphatic carbocycles. The van der Waals surface area contributed by atoms with E-state index in [1.54, 1.807) is 0 Å². The van der Waals surface area contributed by atoms with Crippen molar-refractivity contribution in [2.75, 3.05) is 18.1 Å². The van der Waals surface area contributed by atoms with Gasteiger partial charge in [-0.2, -0.15) is 0 Å². The highest BCUT2D eigenvalue weighted by Gasteiger charge is 2.32. The van der Waals surface area contributed by atoms with Gasteiger partial charge < -0.3 is 15.7 Å². The molecule has 3 N–H and O–H groups in total. The van der Waals surface area contributed by atoms with Crippen LogP contribution in [0.1, 0.15) is 23.6 Å². The highest BCUT2D eigenvalue weighted by molar-refractivity contribution is 7.91. The molecule has 0 radical (unpaired) electrons. The van der Waals surface area contributed by atoms with Crippen molar-refractivity contribution in [3.63, 3.8) is 0 Å². The van der Waals surface area contributed by atoms with Gasteiger partial charge in [0.25, 0.3) is 0 Å². The number of urea groups is 1. The van der Waals surface area contributed by atoms with Crippen LogP contribution in [0.4, 0.5) is 4.79 Å². The summed E-state index contributed by atoms with van der Waals surface area (Å²) in [5.74, 6) is 0.328. The zero-order valence-electron chi connectivity index (χ0n) is 12.2. The van der Waals surface area contributed by atoms with E-state index in [0.717, 1.165) is 11.1 Å². The van der Waals surface area contributed by atoms with Crippen molar-refractivity contribution in [2.45, 2.75) is 25.0 Å². The van der Waals surface area contributed by atoms with Crippen molar-refractivity contribution in [3.8, 4) is 0 Å². The Balaban J connectivity index is 1.54. The number of aliphatic hydroxyl groups excluding tert-OH is 1. The SMILES string of the molecule is O=C(NC[C@H]1CCS(=O)(=O)C1)N[C@@H]1c2ccccc2C[C@@H]1O. The van der Waals surface area contributed by atoms with E-state index in [4.69, 9.17) is 0 Å². The minimum Gasteiger partial charge on any atom is -0.390 e. The van der Waals surface area contributed by atoms with Gasteiger partial charge in [0.15, 0.2) is 9.84 Å². The second-order valence-electron chi connectivity index (χ2n) is 6.07. The van der Waals surface area contributed by atoms with Gasteiger partial charge in [-0.25, -0.2) is 13.2 Å². The van der Waals surface area contributed by atoms with Crippen molar-refractivity contribution in [3.05, 3.63) is 35.4 Å². The van der Waals surface area contributed by atoms with Gasteiger partial charge in [-0.15, -0.1) is 0 Å². The fourth-order valence-corrected chi connectivity index (χ4v) is 5.07. The Morgan fingerprint density at radius 1 is 1.32 bits per heavy atom. The van der Waals surface area contributed by atoms with Crippen molar-refractivity contribution in [1.29, 1.82) is 0 Å². The first-order chi connectivity index (χ1) is 10.4. The molecule has 1 aromatic carbocycles. The quantitative estimate of drug-likeness (QED) is 0.749. The molecule has 1 saturated heterocycles. The normalized spacial score (nSPS) is 29.0. The lowest BCUT2D eigenvalue weighted by Gasteiger charge is -2.19. The highest BCUT2D eigenvalue weighted by Crippen LogP contribution is 2.31. The van der Waals surface area contributed by atoms with E-state index in [-0.39, 0.29) is 23.5 Å². The number of benzene rings is 1. The molecule has 1 fully saturated rings. The summed E-state index contributed by atoms with van der Waals surface area (Å²) in [5, 5.41) is 15.6. The summed E-state index contributed by atoms with van der Waals surface area (Å²) in [4.78, 5) is 12.0. The molecule has 2 amide bonds. The molecule has 7 heteroatoms. The third-order valence-corrected chi connectivity index (χ3v) is 6.21. The van der Waals surface area contributed by atoms with E-state index in [2.05, 4.69) is 10.6 Å². The molecule has 0 saturated carbocycles. The first-order valence-corrected chi connectivity index (χ1v) is 9.27. The molecule has 0 bridgehead atoms. The molecule has 2 aliphatic rings. The lowest BCUT2D eigenvalue weighted by atomic mass is 10.1. The van der Waals surface area contributed by atoms with Crippen molar-refractivity contribution < 1.29 is 18.3 Å². The van der Waals surface area contributed by atoms with Crippen LogP contribution in [0, 0.1) is 5.92 Å². The minimum absolute atomic E-state index is 0.0171. The van der Waals surface area contributed by atoms with E-state index in [1.807, 2.05) is 24.3 Å². The second-order valence-corrected chi connectivity index (χ2v) is 8.30. The zero-order valence-corrected chi connectivity index (χ0v) is 13.0. The van der Waals surface area contributed by atoms with Gasteiger partial charge >= 0.3 is 6.03 Å².